The molecule has 42 heavy (non-hydrogen) atoms. The number of fused-ring (bicyclic) bond motifs is 2. The topological polar surface area (TPSA) is 84.9 Å². The van der Waals surface area contributed by atoms with E-state index in [0.29, 0.717) is 32.9 Å². The molecular formula is C33H41N3O6. The van der Waals surface area contributed by atoms with Gasteiger partial charge in [-0.3, -0.25) is 0 Å². The minimum absolute atomic E-state index is 0.153. The van der Waals surface area contributed by atoms with Crippen LogP contribution in [-0.2, 0) is 16.1 Å². The summed E-state index contributed by atoms with van der Waals surface area (Å²) in [5.41, 5.74) is 4.28. The average Bonchev–Trinajstić information content (AvgIpc) is 3.01. The van der Waals surface area contributed by atoms with Gasteiger partial charge >= 0.3 is 0 Å². The largest absolute Gasteiger partial charge is 0.490 e. The summed E-state index contributed by atoms with van der Waals surface area (Å²) in [6, 6.07) is 20.2. The second-order valence-corrected chi connectivity index (χ2v) is 11.2. The molecule has 224 valence electrons. The summed E-state index contributed by atoms with van der Waals surface area (Å²) >= 11 is 0. The lowest BCUT2D eigenvalue weighted by atomic mass is 9.85. The molecule has 3 aliphatic rings. The molecule has 9 nitrogen and oxygen atoms in total. The Balaban J connectivity index is 1.11. The smallest absolute Gasteiger partial charge is 0.146 e. The lowest BCUT2D eigenvalue weighted by Gasteiger charge is -2.36. The fraction of sp³-hybridized carbons (Fsp3) is 0.455. The van der Waals surface area contributed by atoms with Gasteiger partial charge in [-0.25, -0.2) is 0 Å². The molecule has 3 aliphatic heterocycles. The van der Waals surface area contributed by atoms with Crippen molar-refractivity contribution in [2.45, 2.75) is 31.2 Å². The summed E-state index contributed by atoms with van der Waals surface area (Å²) in [5.74, 6) is 3.05. The maximum absolute atomic E-state index is 11.0. The lowest BCUT2D eigenvalue weighted by molar-refractivity contribution is -0.0328. The van der Waals surface area contributed by atoms with E-state index in [1.54, 1.807) is 7.11 Å². The van der Waals surface area contributed by atoms with E-state index in [0.717, 1.165) is 78.2 Å². The van der Waals surface area contributed by atoms with E-state index in [1.165, 1.54) is 0 Å². The van der Waals surface area contributed by atoms with Gasteiger partial charge in [0.15, 0.2) is 0 Å². The summed E-state index contributed by atoms with van der Waals surface area (Å²) in [6.07, 6.45) is 0.228. The molecule has 0 amide bonds. The molecule has 3 aromatic rings. The molecule has 0 aromatic heterocycles. The third kappa shape index (κ3) is 6.44. The van der Waals surface area contributed by atoms with Crippen molar-refractivity contribution in [3.05, 3.63) is 71.8 Å². The summed E-state index contributed by atoms with van der Waals surface area (Å²) in [4.78, 5) is 4.54. The second kappa shape index (κ2) is 13.2. The Morgan fingerprint density at radius 1 is 0.905 bits per heavy atom. The Kier molecular flexibility index (Phi) is 9.00. The van der Waals surface area contributed by atoms with Crippen LogP contribution < -0.4 is 29.3 Å². The number of aliphatic hydroxyl groups excluding tert-OH is 1. The average molecular weight is 576 g/mol. The molecule has 6 rings (SSSR count). The zero-order chi connectivity index (χ0) is 28.9. The van der Waals surface area contributed by atoms with Gasteiger partial charge in [-0.05, 0) is 53.9 Å². The van der Waals surface area contributed by atoms with Crippen LogP contribution in [0.25, 0.3) is 0 Å². The first kappa shape index (κ1) is 28.6. The zero-order valence-corrected chi connectivity index (χ0v) is 24.5. The number of nitrogens with zero attached hydrogens (tertiary/aromatic N) is 2. The number of hydrogen-bond donors (Lipinski definition) is 2. The van der Waals surface area contributed by atoms with E-state index in [4.69, 9.17) is 23.7 Å². The molecule has 1 saturated heterocycles. The number of nitrogens with one attached hydrogen (secondary N) is 1. The van der Waals surface area contributed by atoms with Gasteiger partial charge in [0.05, 0.1) is 43.3 Å². The van der Waals surface area contributed by atoms with Gasteiger partial charge in [-0.2, -0.15) is 0 Å². The van der Waals surface area contributed by atoms with Crippen molar-refractivity contribution in [2.24, 2.45) is 0 Å². The number of piperidine rings is 1. The number of likely N-dealkylation sites (N-methyl/N-ethyl adjacent to an activating group) is 1. The molecule has 9 heteroatoms. The molecule has 2 N–H and O–H groups in total. The third-order valence-electron chi connectivity index (χ3n) is 8.26. The van der Waals surface area contributed by atoms with Crippen LogP contribution in [0.2, 0.25) is 0 Å². The summed E-state index contributed by atoms with van der Waals surface area (Å²) in [6.45, 7) is 6.39. The number of rotatable bonds is 10. The molecule has 0 bridgehead atoms. The molecule has 1 fully saturated rings. The maximum atomic E-state index is 11.0. The van der Waals surface area contributed by atoms with Crippen LogP contribution in [0.5, 0.6) is 23.0 Å². The van der Waals surface area contributed by atoms with Gasteiger partial charge in [0, 0.05) is 52.4 Å². The molecule has 0 saturated carbocycles. The summed E-state index contributed by atoms with van der Waals surface area (Å²) in [7, 11) is 3.80. The van der Waals surface area contributed by atoms with E-state index < -0.39 is 6.10 Å². The van der Waals surface area contributed by atoms with Gasteiger partial charge in [-0.1, -0.05) is 18.2 Å². The van der Waals surface area contributed by atoms with Crippen LogP contribution in [0.4, 0.5) is 11.4 Å². The molecule has 0 radical (unpaired) electrons. The monoisotopic (exact) mass is 575 g/mol. The summed E-state index contributed by atoms with van der Waals surface area (Å²) < 4.78 is 29.6. The van der Waals surface area contributed by atoms with Gasteiger partial charge in [0.2, 0.25) is 0 Å². The highest BCUT2D eigenvalue weighted by Gasteiger charge is 2.34. The van der Waals surface area contributed by atoms with Gasteiger partial charge < -0.3 is 43.9 Å². The van der Waals surface area contributed by atoms with Crippen LogP contribution in [0.3, 0.4) is 0 Å². The quantitative estimate of drug-likeness (QED) is 0.346. The number of hydrogen-bond acceptors (Lipinski definition) is 9. The van der Waals surface area contributed by atoms with Gasteiger partial charge in [0.1, 0.15) is 36.2 Å². The molecule has 0 spiro atoms. The van der Waals surface area contributed by atoms with Crippen molar-refractivity contribution < 1.29 is 28.8 Å². The second-order valence-electron chi connectivity index (χ2n) is 11.2. The normalized spacial score (nSPS) is 21.6. The predicted molar refractivity (Wildman–Crippen MR) is 163 cm³/mol. The first-order chi connectivity index (χ1) is 20.6. The predicted octanol–water partition coefficient (Wildman–Crippen LogP) is 4.18. The highest BCUT2D eigenvalue weighted by Crippen LogP contribution is 2.37. The van der Waals surface area contributed by atoms with E-state index in [1.807, 2.05) is 48.5 Å². The minimum Gasteiger partial charge on any atom is -0.490 e. The maximum Gasteiger partial charge on any atom is 0.146 e. The van der Waals surface area contributed by atoms with E-state index in [2.05, 4.69) is 34.3 Å². The molecule has 3 atom stereocenters. The molecule has 3 heterocycles. The number of anilines is 2. The first-order valence-electron chi connectivity index (χ1n) is 14.8. The van der Waals surface area contributed by atoms with Crippen LogP contribution in [-0.4, -0.2) is 84.0 Å². The Morgan fingerprint density at radius 2 is 1.71 bits per heavy atom. The number of β-amino-alcohol motifs (C(OH)–C–C–N with tert-alkyl or cyclic N) is 1. The number of benzene rings is 3. The van der Waals surface area contributed by atoms with E-state index in [9.17, 15) is 5.11 Å². The Bertz CT molecular complexity index is 1340. The molecule has 0 aliphatic carbocycles. The summed E-state index contributed by atoms with van der Waals surface area (Å²) in [5, 5.41) is 14.3. The number of aliphatic hydroxyl groups is 1. The Labute approximate surface area is 247 Å². The van der Waals surface area contributed by atoms with E-state index >= 15 is 0 Å². The van der Waals surface area contributed by atoms with Crippen molar-refractivity contribution in [1.29, 1.82) is 0 Å². The molecule has 3 unspecified atom stereocenters. The fourth-order valence-corrected chi connectivity index (χ4v) is 6.01. The fourth-order valence-electron chi connectivity index (χ4n) is 6.01. The molecule has 3 aromatic carbocycles. The Morgan fingerprint density at radius 3 is 2.57 bits per heavy atom. The van der Waals surface area contributed by atoms with Crippen molar-refractivity contribution in [1.82, 2.24) is 5.32 Å². The highest BCUT2D eigenvalue weighted by atomic mass is 16.5. The Hall–Kier alpha value is -3.50. The number of ether oxygens (including phenoxy) is 5. The number of methoxy groups -OCH3 is 1. The van der Waals surface area contributed by atoms with Crippen LogP contribution in [0.1, 0.15) is 23.5 Å². The van der Waals surface area contributed by atoms with Crippen molar-refractivity contribution in [3.63, 3.8) is 0 Å². The highest BCUT2D eigenvalue weighted by molar-refractivity contribution is 5.62. The first-order valence-corrected chi connectivity index (χ1v) is 14.8. The van der Waals surface area contributed by atoms with E-state index in [-0.39, 0.29) is 12.0 Å². The lowest BCUT2D eigenvalue weighted by Crippen LogP contribution is -2.49. The SMILES string of the molecule is COCCCN1CCOc2ccc(COC3CNCC(O)C3c3ccc(Oc4ccc5c(c4)OCCN5C)cc3)cc21. The van der Waals surface area contributed by atoms with Crippen molar-refractivity contribution in [3.8, 4) is 23.0 Å². The van der Waals surface area contributed by atoms with Crippen LogP contribution >= 0.6 is 0 Å². The zero-order valence-electron chi connectivity index (χ0n) is 24.5. The van der Waals surface area contributed by atoms with Crippen LogP contribution in [0, 0.1) is 0 Å². The standard InChI is InChI=1S/C33H41N3O6/c1-35-13-16-40-31-19-26(9-10-27(31)35)42-25-7-5-24(6-8-25)33-29(37)20-34-21-32(33)41-22-23-4-11-30-28(18-23)36(14-17-39-30)12-3-15-38-2/h4-11,18-19,29,32-34,37H,3,12-17,20-22H2,1-2H3. The minimum atomic E-state index is -0.557. The third-order valence-corrected chi connectivity index (χ3v) is 8.26. The van der Waals surface area contributed by atoms with Crippen molar-refractivity contribution in [2.75, 3.05) is 76.5 Å². The van der Waals surface area contributed by atoms with Crippen molar-refractivity contribution >= 4 is 11.4 Å². The van der Waals surface area contributed by atoms with Crippen LogP contribution in [0.15, 0.2) is 60.7 Å². The van der Waals surface area contributed by atoms with Gasteiger partial charge in [0.25, 0.3) is 0 Å². The molecular weight excluding hydrogens is 534 g/mol. The van der Waals surface area contributed by atoms with Gasteiger partial charge in [-0.15, -0.1) is 0 Å².